The largest absolute Gasteiger partial charge is 0.376 e. The summed E-state index contributed by atoms with van der Waals surface area (Å²) >= 11 is 6.10. The lowest BCUT2D eigenvalue weighted by molar-refractivity contribution is -0.384. The fraction of sp³-hybridized carbons (Fsp3) is 0.412. The van der Waals surface area contributed by atoms with Crippen molar-refractivity contribution < 1.29 is 14.5 Å². The smallest absolute Gasteiger partial charge is 0.283 e. The second-order valence-electron chi connectivity index (χ2n) is 6.24. The number of nitro benzene ring substituents is 1. The van der Waals surface area contributed by atoms with Gasteiger partial charge in [-0.2, -0.15) is 0 Å². The molecule has 7 nitrogen and oxygen atoms in total. The number of amides is 2. The summed E-state index contributed by atoms with van der Waals surface area (Å²) in [5.41, 5.74) is 0.0319. The van der Waals surface area contributed by atoms with E-state index in [4.69, 9.17) is 11.6 Å². The average molecular weight is 364 g/mol. The molecule has 1 heterocycles. The summed E-state index contributed by atoms with van der Waals surface area (Å²) in [6, 6.07) is 5.50. The molecule has 0 atom stereocenters. The Labute approximate surface area is 149 Å². The number of nitrogens with zero attached hydrogens (tertiary/aromatic N) is 2. The number of nitrogens with one attached hydrogen (secondary N) is 1. The van der Waals surface area contributed by atoms with E-state index in [1.165, 1.54) is 24.3 Å². The van der Waals surface area contributed by atoms with Gasteiger partial charge >= 0.3 is 0 Å². The van der Waals surface area contributed by atoms with Crippen LogP contribution in [-0.4, -0.2) is 22.8 Å². The number of rotatable bonds is 4. The Balaban J connectivity index is 1.83. The average Bonchev–Trinajstić information content (AvgIpc) is 2.80. The molecule has 3 rings (SSSR count). The van der Waals surface area contributed by atoms with Crippen LogP contribution in [0.5, 0.6) is 0 Å². The number of carbonyl (C=O) groups excluding carboxylic acids is 2. The summed E-state index contributed by atoms with van der Waals surface area (Å²) in [6.45, 7) is 0. The van der Waals surface area contributed by atoms with E-state index in [0.29, 0.717) is 0 Å². The Hall–Kier alpha value is -2.41. The van der Waals surface area contributed by atoms with Crippen LogP contribution in [0, 0.1) is 10.1 Å². The van der Waals surface area contributed by atoms with Gasteiger partial charge in [0.15, 0.2) is 0 Å². The normalized spacial score (nSPS) is 19.3. The lowest BCUT2D eigenvalue weighted by Crippen LogP contribution is -2.36. The summed E-state index contributed by atoms with van der Waals surface area (Å²) in [4.78, 5) is 36.4. The van der Waals surface area contributed by atoms with Gasteiger partial charge in [0, 0.05) is 18.2 Å². The number of hydrogen-bond donors (Lipinski definition) is 1. The van der Waals surface area contributed by atoms with Crippen molar-refractivity contribution in [2.75, 3.05) is 4.90 Å². The lowest BCUT2D eigenvalue weighted by atomic mass is 10.1. The van der Waals surface area contributed by atoms with Crippen LogP contribution in [0.4, 0.5) is 11.4 Å². The quantitative estimate of drug-likeness (QED) is 0.383. The highest BCUT2D eigenvalue weighted by molar-refractivity contribution is 6.52. The van der Waals surface area contributed by atoms with Crippen molar-refractivity contribution in [3.8, 4) is 0 Å². The molecule has 0 spiro atoms. The van der Waals surface area contributed by atoms with Crippen LogP contribution in [-0.2, 0) is 9.59 Å². The maximum absolute atomic E-state index is 12.7. The van der Waals surface area contributed by atoms with Crippen LogP contribution in [0.25, 0.3) is 0 Å². The molecular weight excluding hydrogens is 346 g/mol. The molecule has 1 fully saturated rings. The van der Waals surface area contributed by atoms with Gasteiger partial charge in [0.05, 0.1) is 10.6 Å². The molecule has 1 aromatic rings. The third-order valence-electron chi connectivity index (χ3n) is 4.53. The van der Waals surface area contributed by atoms with E-state index in [1.807, 2.05) is 0 Å². The first-order valence-corrected chi connectivity index (χ1v) is 8.66. The molecule has 0 bridgehead atoms. The van der Waals surface area contributed by atoms with Crippen LogP contribution in [0.2, 0.25) is 0 Å². The number of anilines is 1. The molecule has 1 aliphatic carbocycles. The zero-order chi connectivity index (χ0) is 18.0. The molecule has 0 aromatic heterocycles. The second kappa shape index (κ2) is 7.23. The predicted octanol–water partition coefficient (Wildman–Crippen LogP) is 3.23. The number of hydrogen-bond acceptors (Lipinski definition) is 5. The van der Waals surface area contributed by atoms with Crippen molar-refractivity contribution in [3.63, 3.8) is 0 Å². The van der Waals surface area contributed by atoms with Gasteiger partial charge in [-0.05, 0) is 18.9 Å². The molecule has 1 N–H and O–H groups in total. The van der Waals surface area contributed by atoms with Crippen LogP contribution in [0.15, 0.2) is 35.0 Å². The van der Waals surface area contributed by atoms with Crippen molar-refractivity contribution in [2.45, 2.75) is 44.6 Å². The van der Waals surface area contributed by atoms with E-state index in [9.17, 15) is 19.7 Å². The second-order valence-corrected chi connectivity index (χ2v) is 6.62. The van der Waals surface area contributed by atoms with E-state index in [1.54, 1.807) is 0 Å². The van der Waals surface area contributed by atoms with Crippen LogP contribution >= 0.6 is 11.6 Å². The maximum atomic E-state index is 12.7. The van der Waals surface area contributed by atoms with E-state index in [2.05, 4.69) is 5.32 Å². The highest BCUT2D eigenvalue weighted by Crippen LogP contribution is 2.31. The van der Waals surface area contributed by atoms with Crippen molar-refractivity contribution in [2.24, 2.45) is 0 Å². The number of benzene rings is 1. The molecule has 0 radical (unpaired) electrons. The summed E-state index contributed by atoms with van der Waals surface area (Å²) in [7, 11) is 0. The summed E-state index contributed by atoms with van der Waals surface area (Å²) in [5, 5.41) is 13.9. The highest BCUT2D eigenvalue weighted by Gasteiger charge is 2.40. The number of nitro groups is 1. The molecule has 132 valence electrons. The van der Waals surface area contributed by atoms with Gasteiger partial charge in [0.2, 0.25) is 0 Å². The van der Waals surface area contributed by atoms with Gasteiger partial charge < -0.3 is 5.32 Å². The molecule has 2 amide bonds. The third-order valence-corrected chi connectivity index (χ3v) is 4.88. The molecule has 1 saturated carbocycles. The van der Waals surface area contributed by atoms with E-state index < -0.39 is 16.7 Å². The monoisotopic (exact) mass is 363 g/mol. The number of imide groups is 1. The summed E-state index contributed by atoms with van der Waals surface area (Å²) in [5.74, 6) is -1.23. The van der Waals surface area contributed by atoms with Crippen LogP contribution in [0.1, 0.15) is 38.5 Å². The molecule has 2 aliphatic rings. The zero-order valence-electron chi connectivity index (χ0n) is 13.5. The van der Waals surface area contributed by atoms with Gasteiger partial charge in [0.25, 0.3) is 17.5 Å². The van der Waals surface area contributed by atoms with Gasteiger partial charge in [-0.25, -0.2) is 4.90 Å². The number of halogens is 1. The number of non-ortho nitro benzene ring substituents is 1. The van der Waals surface area contributed by atoms with E-state index in [0.717, 1.165) is 43.4 Å². The first kappa shape index (κ1) is 17.4. The van der Waals surface area contributed by atoms with Crippen molar-refractivity contribution in [3.05, 3.63) is 45.1 Å². The summed E-state index contributed by atoms with van der Waals surface area (Å²) in [6.07, 6.45) is 6.31. The molecule has 1 aromatic carbocycles. The third kappa shape index (κ3) is 3.51. The minimum Gasteiger partial charge on any atom is -0.376 e. The Morgan fingerprint density at radius 3 is 2.44 bits per heavy atom. The van der Waals surface area contributed by atoms with Crippen LogP contribution in [0.3, 0.4) is 0 Å². The molecule has 0 saturated heterocycles. The molecular formula is C17H18ClN3O4. The van der Waals surface area contributed by atoms with Gasteiger partial charge in [-0.3, -0.25) is 19.7 Å². The predicted molar refractivity (Wildman–Crippen MR) is 93.1 cm³/mol. The van der Waals surface area contributed by atoms with Gasteiger partial charge in [-0.15, -0.1) is 0 Å². The Bertz CT molecular complexity index is 754. The minimum absolute atomic E-state index is 0.0880. The Morgan fingerprint density at radius 2 is 1.80 bits per heavy atom. The van der Waals surface area contributed by atoms with Gasteiger partial charge in [0.1, 0.15) is 10.7 Å². The highest BCUT2D eigenvalue weighted by atomic mass is 35.5. The maximum Gasteiger partial charge on any atom is 0.283 e. The molecule has 8 heteroatoms. The number of carbonyl (C=O) groups is 2. The Kier molecular flexibility index (Phi) is 5.03. The molecule has 0 unspecified atom stereocenters. The summed E-state index contributed by atoms with van der Waals surface area (Å²) < 4.78 is 0. The van der Waals surface area contributed by atoms with E-state index in [-0.39, 0.29) is 28.1 Å². The first-order valence-electron chi connectivity index (χ1n) is 8.28. The topological polar surface area (TPSA) is 92.6 Å². The molecule has 1 aliphatic heterocycles. The molecule has 25 heavy (non-hydrogen) atoms. The lowest BCUT2D eigenvalue weighted by Gasteiger charge is -2.19. The zero-order valence-corrected chi connectivity index (χ0v) is 14.3. The van der Waals surface area contributed by atoms with E-state index >= 15 is 0 Å². The van der Waals surface area contributed by atoms with Crippen molar-refractivity contribution in [1.29, 1.82) is 0 Å². The Morgan fingerprint density at radius 1 is 1.12 bits per heavy atom. The SMILES string of the molecule is O=C1C(Cl)=C(NC2CCCCCC2)C(=O)N1c1cccc([N+](=O)[O-])c1. The standard InChI is InChI=1S/C17H18ClN3O4/c18-14-15(19-11-6-3-1-2-4-7-11)17(23)20(16(14)22)12-8-5-9-13(10-12)21(24)25/h5,8-11,19H,1-4,6-7H2. The van der Waals surface area contributed by atoms with Crippen molar-refractivity contribution in [1.82, 2.24) is 5.32 Å². The fourth-order valence-corrected chi connectivity index (χ4v) is 3.46. The van der Waals surface area contributed by atoms with Gasteiger partial charge in [-0.1, -0.05) is 43.4 Å². The fourth-order valence-electron chi connectivity index (χ4n) is 3.24. The minimum atomic E-state index is -0.664. The first-order chi connectivity index (χ1) is 12.0. The van der Waals surface area contributed by atoms with Crippen LogP contribution < -0.4 is 10.2 Å². The van der Waals surface area contributed by atoms with Crippen molar-refractivity contribution >= 4 is 34.8 Å².